The first-order chi connectivity index (χ1) is 37.6. The Morgan fingerprint density at radius 3 is 1.51 bits per heavy atom. The van der Waals surface area contributed by atoms with Crippen LogP contribution in [0.3, 0.4) is 0 Å². The predicted molar refractivity (Wildman–Crippen MR) is 292 cm³/mol. The third-order valence-electron chi connectivity index (χ3n) is 12.6. The summed E-state index contributed by atoms with van der Waals surface area (Å²) in [6, 6.07) is 55.5. The molecule has 10 unspecified atom stereocenters. The highest BCUT2D eigenvalue weighted by Crippen LogP contribution is 2.34. The molecule has 2 saturated heterocycles. The van der Waals surface area contributed by atoms with Crippen molar-refractivity contribution in [2.24, 2.45) is 5.92 Å². The third-order valence-corrected chi connectivity index (χ3v) is 13.0. The number of methoxy groups -OCH3 is 1. The molecule has 0 spiro atoms. The Morgan fingerprint density at radius 2 is 1.01 bits per heavy atom. The van der Waals surface area contributed by atoms with Gasteiger partial charge in [-0.2, -0.15) is 0 Å². The molecule has 2 N–H and O–H groups in total. The lowest BCUT2D eigenvalue weighted by Gasteiger charge is -2.45. The average Bonchev–Trinajstić information content (AvgIpc) is 3.47. The number of carbonyl (C=O) groups excluding carboxylic acids is 1. The minimum absolute atomic E-state index is 0.0612. The summed E-state index contributed by atoms with van der Waals surface area (Å²) in [5.74, 6) is -0.399. The fourth-order valence-corrected chi connectivity index (χ4v) is 8.63. The summed E-state index contributed by atoms with van der Waals surface area (Å²) >= 11 is 11.8. The zero-order valence-electron chi connectivity index (χ0n) is 43.1. The fourth-order valence-electron chi connectivity index (χ4n) is 8.52. The van der Waals surface area contributed by atoms with Crippen molar-refractivity contribution in [3.63, 3.8) is 0 Å². The monoisotopic (exact) mass is 1090 g/mol. The topological polar surface area (TPSA) is 163 Å². The Balaban J connectivity index is 0.000000224. The van der Waals surface area contributed by atoms with E-state index in [0.29, 0.717) is 32.0 Å². The van der Waals surface area contributed by atoms with E-state index in [2.05, 4.69) is 6.58 Å². The second-order valence-corrected chi connectivity index (χ2v) is 19.3. The van der Waals surface area contributed by atoms with E-state index in [0.717, 1.165) is 33.6 Å². The molecule has 77 heavy (non-hydrogen) atoms. The Morgan fingerprint density at radius 1 is 0.571 bits per heavy atom. The first-order valence-corrected chi connectivity index (χ1v) is 26.3. The number of aliphatic hydroxyl groups is 1. The smallest absolute Gasteiger partial charge is 0.338 e. The molecule has 0 amide bonds. The second-order valence-electron chi connectivity index (χ2n) is 18.2. The lowest BCUT2D eigenvalue weighted by atomic mass is 9.91. The summed E-state index contributed by atoms with van der Waals surface area (Å²) < 4.78 is 66.1. The summed E-state index contributed by atoms with van der Waals surface area (Å²) in [4.78, 5) is 11.9. The molecule has 2 fully saturated rings. The first kappa shape index (κ1) is 58.7. The Labute approximate surface area is 461 Å². The molecular weight excluding hydrogens is 1030 g/mol. The summed E-state index contributed by atoms with van der Waals surface area (Å²) in [7, 11) is 1.61. The van der Waals surface area contributed by atoms with Crippen molar-refractivity contribution < 1.29 is 62.0 Å². The van der Waals surface area contributed by atoms with Gasteiger partial charge in [-0.1, -0.05) is 188 Å². The van der Waals surface area contributed by atoms with Crippen LogP contribution in [0.15, 0.2) is 189 Å². The Hall–Kier alpha value is -5.98. The molecule has 14 nitrogen and oxygen atoms in total. The zero-order valence-corrected chi connectivity index (χ0v) is 44.6. The van der Waals surface area contributed by atoms with Gasteiger partial charge in [0.25, 0.3) is 0 Å². The quantitative estimate of drug-likeness (QED) is 0.0183. The zero-order chi connectivity index (χ0) is 54.2. The largest absolute Gasteiger partial charge is 0.497 e. The van der Waals surface area contributed by atoms with E-state index in [4.69, 9.17) is 80.7 Å². The number of hydrogen-bond donors (Lipinski definition) is 2. The number of carbonyl (C=O) groups is 1. The van der Waals surface area contributed by atoms with Crippen LogP contribution in [0.2, 0.25) is 0 Å². The van der Waals surface area contributed by atoms with Crippen molar-refractivity contribution in [3.05, 3.63) is 222 Å². The number of aliphatic hydroxyl groups excluding tert-OH is 1. The Kier molecular flexibility index (Phi) is 24.0. The van der Waals surface area contributed by atoms with Crippen LogP contribution in [-0.4, -0.2) is 104 Å². The van der Waals surface area contributed by atoms with Crippen molar-refractivity contribution in [1.29, 1.82) is 5.41 Å². The van der Waals surface area contributed by atoms with Crippen LogP contribution < -0.4 is 4.74 Å². The van der Waals surface area contributed by atoms with Gasteiger partial charge >= 0.3 is 5.97 Å². The molecule has 0 aromatic heterocycles. The molecular formula is C61H67Cl2NO13. The lowest BCUT2D eigenvalue weighted by molar-refractivity contribution is -0.307. The van der Waals surface area contributed by atoms with Gasteiger partial charge in [-0.15, -0.1) is 6.58 Å². The van der Waals surface area contributed by atoms with Gasteiger partial charge in [0.1, 0.15) is 36.3 Å². The predicted octanol–water partition coefficient (Wildman–Crippen LogP) is 10.8. The fraction of sp³-hybridized carbons (Fsp3) is 0.344. The maximum atomic E-state index is 13.0. The summed E-state index contributed by atoms with van der Waals surface area (Å²) in [6.45, 7) is 7.78. The SMILES string of the molecule is C=CCOC1OC(COCc2ccc(OC)cc2)C(O)C(OCc2ccccc2)C1OC(=O)c1ccccc1.CC1C(OC(=N)C(Cl)Cl)OC(COCc2ccccc2)C(OCc2ccccc2)C1OCc1ccccc1. The van der Waals surface area contributed by atoms with E-state index in [1.165, 1.54) is 0 Å². The molecule has 2 aliphatic rings. The lowest BCUT2D eigenvalue weighted by Crippen LogP contribution is -2.61. The summed E-state index contributed by atoms with van der Waals surface area (Å²) in [5, 5.41) is 19.4. The number of ether oxygens (including phenoxy) is 11. The molecule has 408 valence electrons. The van der Waals surface area contributed by atoms with Crippen LogP contribution in [0.25, 0.3) is 0 Å². The number of benzene rings is 6. The minimum Gasteiger partial charge on any atom is -0.497 e. The number of hydrogen-bond acceptors (Lipinski definition) is 14. The molecule has 2 aliphatic heterocycles. The van der Waals surface area contributed by atoms with Crippen molar-refractivity contribution in [2.75, 3.05) is 26.9 Å². The standard InChI is InChI=1S/C31H34O8.C30H33Cl2NO5/c1-3-18-36-31-29(39-30(33)24-12-8-5-9-13-24)28(37-20-22-10-6-4-7-11-22)27(32)26(38-31)21-35-19-23-14-16-25(34-2)17-15-23;1-21-26(35-18-23-13-7-3-8-14-23)27(36-19-24-15-9-4-10-16-24)25(37-30(21)38-29(33)28(31)32)20-34-17-22-11-5-2-6-12-22/h3-17,26-29,31-32H,1,18-21H2,2H3;2-16,21,25-28,30,33H,17-20H2,1H3. The Bertz CT molecular complexity index is 2620. The van der Waals surface area contributed by atoms with Gasteiger partial charge in [-0.05, 0) is 52.1 Å². The molecule has 0 radical (unpaired) electrons. The molecule has 6 aromatic carbocycles. The maximum Gasteiger partial charge on any atom is 0.338 e. The van der Waals surface area contributed by atoms with Gasteiger partial charge in [0.15, 0.2) is 17.2 Å². The van der Waals surface area contributed by atoms with Gasteiger partial charge in [-0.25, -0.2) is 4.79 Å². The highest BCUT2D eigenvalue weighted by Gasteiger charge is 2.50. The van der Waals surface area contributed by atoms with Crippen molar-refractivity contribution in [2.45, 2.75) is 100 Å². The maximum absolute atomic E-state index is 13.0. The number of nitrogens with one attached hydrogen (secondary N) is 1. The highest BCUT2D eigenvalue weighted by atomic mass is 35.5. The van der Waals surface area contributed by atoms with Crippen LogP contribution in [0.4, 0.5) is 0 Å². The van der Waals surface area contributed by atoms with Crippen molar-refractivity contribution >= 4 is 35.1 Å². The number of esters is 1. The summed E-state index contributed by atoms with van der Waals surface area (Å²) in [6.07, 6.45) is -5.63. The van der Waals surface area contributed by atoms with Crippen LogP contribution in [0.5, 0.6) is 5.75 Å². The van der Waals surface area contributed by atoms with E-state index in [-0.39, 0.29) is 38.2 Å². The molecule has 0 aliphatic carbocycles. The molecule has 0 saturated carbocycles. The molecule has 8 rings (SSSR count). The van der Waals surface area contributed by atoms with Gasteiger partial charge in [-0.3, -0.25) is 5.41 Å². The molecule has 16 heteroatoms. The third kappa shape index (κ3) is 18.3. The molecule has 0 bridgehead atoms. The van der Waals surface area contributed by atoms with Gasteiger partial charge in [0.2, 0.25) is 12.2 Å². The van der Waals surface area contributed by atoms with Gasteiger partial charge < -0.3 is 57.2 Å². The van der Waals surface area contributed by atoms with E-state index >= 15 is 0 Å². The average molecular weight is 1090 g/mol. The molecule has 6 aromatic rings. The van der Waals surface area contributed by atoms with Crippen LogP contribution in [-0.2, 0) is 80.4 Å². The van der Waals surface area contributed by atoms with Crippen LogP contribution in [0.1, 0.15) is 45.1 Å². The van der Waals surface area contributed by atoms with Crippen molar-refractivity contribution in [1.82, 2.24) is 0 Å². The van der Waals surface area contributed by atoms with E-state index < -0.39 is 66.1 Å². The van der Waals surface area contributed by atoms with Gasteiger partial charge in [0.05, 0.1) is 71.6 Å². The van der Waals surface area contributed by atoms with E-state index in [1.54, 1.807) is 37.5 Å². The molecule has 2 heterocycles. The minimum atomic E-state index is -1.17. The van der Waals surface area contributed by atoms with E-state index in [1.807, 2.05) is 159 Å². The van der Waals surface area contributed by atoms with Crippen molar-refractivity contribution in [3.8, 4) is 5.75 Å². The van der Waals surface area contributed by atoms with Crippen LogP contribution in [0, 0.1) is 11.3 Å². The second kappa shape index (κ2) is 31.4. The van der Waals surface area contributed by atoms with E-state index in [9.17, 15) is 9.90 Å². The van der Waals surface area contributed by atoms with Gasteiger partial charge in [0, 0.05) is 5.92 Å². The van der Waals surface area contributed by atoms with Crippen LogP contribution >= 0.6 is 23.2 Å². The summed E-state index contributed by atoms with van der Waals surface area (Å²) in [5.41, 5.74) is 5.33. The normalized spacial score (nSPS) is 23.0. The highest BCUT2D eigenvalue weighted by molar-refractivity contribution is 6.53. The number of rotatable bonds is 25. The number of halogens is 2. The first-order valence-electron chi connectivity index (χ1n) is 25.4. The molecule has 10 atom stereocenters. The number of alkyl halides is 2.